The Morgan fingerprint density at radius 1 is 1.14 bits per heavy atom. The van der Waals surface area contributed by atoms with Gasteiger partial charge in [0, 0.05) is 22.9 Å². The van der Waals surface area contributed by atoms with Crippen molar-refractivity contribution >= 4 is 39.7 Å². The van der Waals surface area contributed by atoms with E-state index >= 15 is 0 Å². The van der Waals surface area contributed by atoms with Crippen molar-refractivity contribution in [3.8, 4) is 0 Å². The Morgan fingerprint density at radius 2 is 1.86 bits per heavy atom. The summed E-state index contributed by atoms with van der Waals surface area (Å²) in [5.41, 5.74) is 2.98. The van der Waals surface area contributed by atoms with E-state index in [9.17, 15) is 24.3 Å². The minimum Gasteiger partial charge on any atom is -0.480 e. The van der Waals surface area contributed by atoms with Gasteiger partial charge in [0.25, 0.3) is 0 Å². The SMILES string of the molecule is Cc1coc2c(C)c3oc(=O)c(CC(=O)N[C@H](C(=O)N4CCC[C@H]4C(=O)O)C(C)C)c(C)c3cc12. The van der Waals surface area contributed by atoms with Crippen LogP contribution in [0.2, 0.25) is 0 Å². The van der Waals surface area contributed by atoms with Gasteiger partial charge in [-0.05, 0) is 56.7 Å². The molecule has 2 N–H and O–H groups in total. The molecule has 3 heterocycles. The summed E-state index contributed by atoms with van der Waals surface area (Å²) in [5.74, 6) is -2.24. The van der Waals surface area contributed by atoms with Crippen molar-refractivity contribution in [2.24, 2.45) is 5.92 Å². The summed E-state index contributed by atoms with van der Waals surface area (Å²) in [6.07, 6.45) is 2.38. The van der Waals surface area contributed by atoms with Crippen LogP contribution in [-0.4, -0.2) is 46.4 Å². The molecule has 1 aromatic carbocycles. The molecule has 0 unspecified atom stereocenters. The van der Waals surface area contributed by atoms with Gasteiger partial charge in [0.2, 0.25) is 11.8 Å². The van der Waals surface area contributed by atoms with Gasteiger partial charge < -0.3 is 24.2 Å². The van der Waals surface area contributed by atoms with Gasteiger partial charge in [-0.25, -0.2) is 9.59 Å². The molecular formula is C26H30N2O7. The van der Waals surface area contributed by atoms with Gasteiger partial charge in [0.05, 0.1) is 18.2 Å². The number of aryl methyl sites for hydroxylation is 3. The number of benzene rings is 1. The zero-order valence-electron chi connectivity index (χ0n) is 20.6. The maximum Gasteiger partial charge on any atom is 0.340 e. The molecule has 3 aromatic rings. The minimum atomic E-state index is -1.05. The number of hydrogen-bond donors (Lipinski definition) is 2. The first-order valence-electron chi connectivity index (χ1n) is 11.8. The van der Waals surface area contributed by atoms with E-state index in [2.05, 4.69) is 5.32 Å². The number of carbonyl (C=O) groups is 3. The van der Waals surface area contributed by atoms with Crippen LogP contribution < -0.4 is 10.9 Å². The van der Waals surface area contributed by atoms with Gasteiger partial charge in [-0.15, -0.1) is 0 Å². The Bertz CT molecular complexity index is 1400. The molecular weight excluding hydrogens is 452 g/mol. The van der Waals surface area contributed by atoms with Crippen LogP contribution in [0.4, 0.5) is 0 Å². The van der Waals surface area contributed by atoms with Crippen LogP contribution in [0.15, 0.2) is 26.0 Å². The number of carboxylic acid groups (broad SMARTS) is 1. The van der Waals surface area contributed by atoms with E-state index in [1.165, 1.54) is 4.90 Å². The lowest BCUT2D eigenvalue weighted by atomic mass is 9.98. The molecule has 0 aliphatic carbocycles. The molecule has 2 amide bonds. The molecule has 1 saturated heterocycles. The number of rotatable bonds is 6. The van der Waals surface area contributed by atoms with E-state index in [1.807, 2.05) is 19.9 Å². The van der Waals surface area contributed by atoms with Crippen LogP contribution in [0.1, 0.15) is 48.9 Å². The number of aliphatic carboxylic acids is 1. The van der Waals surface area contributed by atoms with Crippen LogP contribution >= 0.6 is 0 Å². The molecule has 0 spiro atoms. The summed E-state index contributed by atoms with van der Waals surface area (Å²) in [4.78, 5) is 51.8. The molecule has 9 nitrogen and oxygen atoms in total. The summed E-state index contributed by atoms with van der Waals surface area (Å²) in [5, 5.41) is 13.8. The molecule has 2 aromatic heterocycles. The second-order valence-corrected chi connectivity index (χ2v) is 9.66. The molecule has 1 aliphatic heterocycles. The molecule has 1 fully saturated rings. The Hall–Kier alpha value is -3.62. The number of hydrogen-bond acceptors (Lipinski definition) is 6. The molecule has 186 valence electrons. The fourth-order valence-corrected chi connectivity index (χ4v) is 4.89. The van der Waals surface area contributed by atoms with Gasteiger partial charge in [0.15, 0.2) is 0 Å². The lowest BCUT2D eigenvalue weighted by Crippen LogP contribution is -2.54. The number of likely N-dealkylation sites (tertiary alicyclic amines) is 1. The molecule has 9 heteroatoms. The number of fused-ring (bicyclic) bond motifs is 2. The van der Waals surface area contributed by atoms with Crippen LogP contribution in [0.25, 0.3) is 21.9 Å². The van der Waals surface area contributed by atoms with Gasteiger partial charge in [-0.3, -0.25) is 9.59 Å². The maximum atomic E-state index is 13.1. The Kier molecular flexibility index (Phi) is 6.44. The highest BCUT2D eigenvalue weighted by Crippen LogP contribution is 2.32. The molecule has 4 rings (SSSR count). The van der Waals surface area contributed by atoms with Crippen molar-refractivity contribution in [1.29, 1.82) is 0 Å². The molecule has 35 heavy (non-hydrogen) atoms. The summed E-state index contributed by atoms with van der Waals surface area (Å²) in [7, 11) is 0. The quantitative estimate of drug-likeness (QED) is 0.516. The van der Waals surface area contributed by atoms with Gasteiger partial charge in [0.1, 0.15) is 23.2 Å². The fourth-order valence-electron chi connectivity index (χ4n) is 4.89. The molecule has 0 bridgehead atoms. The lowest BCUT2D eigenvalue weighted by Gasteiger charge is -2.29. The van der Waals surface area contributed by atoms with Crippen molar-refractivity contribution in [2.75, 3.05) is 6.54 Å². The fraction of sp³-hybridized carbons (Fsp3) is 0.462. The number of nitrogens with zero attached hydrogens (tertiary/aromatic N) is 1. The molecule has 2 atom stereocenters. The van der Waals surface area contributed by atoms with Crippen molar-refractivity contribution < 1.29 is 28.3 Å². The van der Waals surface area contributed by atoms with Crippen LogP contribution in [-0.2, 0) is 20.8 Å². The zero-order chi connectivity index (χ0) is 25.6. The van der Waals surface area contributed by atoms with Crippen LogP contribution in [0, 0.1) is 26.7 Å². The Labute approximate surface area is 202 Å². The highest BCUT2D eigenvalue weighted by Gasteiger charge is 2.38. The highest BCUT2D eigenvalue weighted by molar-refractivity contribution is 6.00. The van der Waals surface area contributed by atoms with Crippen LogP contribution in [0.3, 0.4) is 0 Å². The largest absolute Gasteiger partial charge is 0.480 e. The normalized spacial score (nSPS) is 16.9. The van der Waals surface area contributed by atoms with Gasteiger partial charge in [-0.1, -0.05) is 13.8 Å². The third-order valence-electron chi connectivity index (χ3n) is 6.94. The number of nitrogens with one attached hydrogen (secondary N) is 1. The first-order chi connectivity index (χ1) is 16.5. The topological polar surface area (TPSA) is 130 Å². The molecule has 0 radical (unpaired) electrons. The van der Waals surface area contributed by atoms with E-state index in [-0.39, 0.29) is 17.9 Å². The van der Waals surface area contributed by atoms with Crippen LogP contribution in [0.5, 0.6) is 0 Å². The van der Waals surface area contributed by atoms with E-state index in [0.29, 0.717) is 41.7 Å². The monoisotopic (exact) mass is 482 g/mol. The number of carbonyl (C=O) groups excluding carboxylic acids is 2. The second kappa shape index (κ2) is 9.20. The average Bonchev–Trinajstić information content (AvgIpc) is 3.43. The summed E-state index contributed by atoms with van der Waals surface area (Å²) in [6, 6.07) is 0.114. The van der Waals surface area contributed by atoms with E-state index in [1.54, 1.807) is 27.0 Å². The maximum absolute atomic E-state index is 13.1. The second-order valence-electron chi connectivity index (χ2n) is 9.66. The van der Waals surface area contributed by atoms with Gasteiger partial charge in [-0.2, -0.15) is 0 Å². The Morgan fingerprint density at radius 3 is 2.51 bits per heavy atom. The smallest absolute Gasteiger partial charge is 0.340 e. The third kappa shape index (κ3) is 4.31. The predicted octanol–water partition coefficient (Wildman–Crippen LogP) is 3.22. The van der Waals surface area contributed by atoms with E-state index in [4.69, 9.17) is 8.83 Å². The Balaban J connectivity index is 1.62. The minimum absolute atomic E-state index is 0.217. The number of carboxylic acids is 1. The average molecular weight is 483 g/mol. The summed E-state index contributed by atoms with van der Waals surface area (Å²) in [6.45, 7) is 9.43. The van der Waals surface area contributed by atoms with Crippen molar-refractivity contribution in [3.63, 3.8) is 0 Å². The van der Waals surface area contributed by atoms with E-state index in [0.717, 1.165) is 16.3 Å². The third-order valence-corrected chi connectivity index (χ3v) is 6.94. The predicted molar refractivity (Wildman–Crippen MR) is 129 cm³/mol. The van der Waals surface area contributed by atoms with Crippen molar-refractivity contribution in [2.45, 2.75) is 66.0 Å². The summed E-state index contributed by atoms with van der Waals surface area (Å²) < 4.78 is 11.2. The lowest BCUT2D eigenvalue weighted by molar-refractivity contribution is -0.149. The van der Waals surface area contributed by atoms with Crippen molar-refractivity contribution in [3.05, 3.63) is 45.0 Å². The first-order valence-corrected chi connectivity index (χ1v) is 11.8. The standard InChI is InChI=1S/C26H30N2O7/c1-12(2)21(24(30)28-8-6-7-19(28)25(31)32)27-20(29)10-18-14(4)17-9-16-13(3)11-34-22(16)15(5)23(17)35-26(18)33/h9,11-12,19,21H,6-8,10H2,1-5H3,(H,27,29)(H,31,32)/t19-,21-/m0/s1. The number of amides is 2. The first kappa shape index (κ1) is 24.5. The highest BCUT2D eigenvalue weighted by atomic mass is 16.4. The van der Waals surface area contributed by atoms with Gasteiger partial charge >= 0.3 is 11.6 Å². The zero-order valence-corrected chi connectivity index (χ0v) is 20.6. The number of furan rings is 1. The molecule has 0 saturated carbocycles. The van der Waals surface area contributed by atoms with E-state index < -0.39 is 35.5 Å². The van der Waals surface area contributed by atoms with Crippen molar-refractivity contribution in [1.82, 2.24) is 10.2 Å². The molecule has 1 aliphatic rings. The summed E-state index contributed by atoms with van der Waals surface area (Å²) >= 11 is 0.